The summed E-state index contributed by atoms with van der Waals surface area (Å²) in [6.07, 6.45) is 0. The Labute approximate surface area is 188 Å². The Morgan fingerprint density at radius 2 is 1.67 bits per heavy atom. The lowest BCUT2D eigenvalue weighted by atomic mass is 9.94. The Bertz CT molecular complexity index is 1730. The average Bonchev–Trinajstić information content (AvgIpc) is 3.15. The van der Waals surface area contributed by atoms with Gasteiger partial charge < -0.3 is 5.73 Å². The molecule has 0 aliphatic heterocycles. The highest BCUT2D eigenvalue weighted by atomic mass is 32.1. The monoisotopic (exact) mass is 467 g/mol. The first-order valence-electron chi connectivity index (χ1n) is 9.90. The zero-order valence-electron chi connectivity index (χ0n) is 17.4. The van der Waals surface area contributed by atoms with Gasteiger partial charge in [-0.1, -0.05) is 6.07 Å². The number of anilines is 1. The minimum atomic E-state index is -0.896. The van der Waals surface area contributed by atoms with Gasteiger partial charge in [0.2, 0.25) is 5.43 Å². The number of nitrogen functional groups attached to an aromatic ring is 1. The molecule has 0 aliphatic carbocycles. The van der Waals surface area contributed by atoms with E-state index in [4.69, 9.17) is 5.73 Å². The fraction of sp³-hybridized carbons (Fsp3) is 0.0833. The number of benzene rings is 3. The van der Waals surface area contributed by atoms with Gasteiger partial charge in [-0.2, -0.15) is 0 Å². The number of nitrogens with two attached hydrogens (primary N) is 1. The molecule has 9 heteroatoms. The third-order valence-corrected chi connectivity index (χ3v) is 6.82. The van der Waals surface area contributed by atoms with Gasteiger partial charge >= 0.3 is 0 Å². The Kier molecular flexibility index (Phi) is 4.68. The SMILES string of the molecule is Cc1c(N)ccc(-c2cc3c(cc2F)c(=O)c2c(=O)[nH]sc2n3-c2ccc(F)cc2F)c1C. The van der Waals surface area contributed by atoms with Crippen LogP contribution in [0.3, 0.4) is 0 Å². The number of hydrogen-bond acceptors (Lipinski definition) is 4. The Morgan fingerprint density at radius 1 is 0.909 bits per heavy atom. The third-order valence-electron chi connectivity index (χ3n) is 5.95. The number of aromatic nitrogens is 2. The van der Waals surface area contributed by atoms with Crippen molar-refractivity contribution in [1.29, 1.82) is 0 Å². The predicted octanol–water partition coefficient (Wildman–Crippen LogP) is 5.18. The van der Waals surface area contributed by atoms with Gasteiger partial charge in [0.25, 0.3) is 5.56 Å². The minimum Gasteiger partial charge on any atom is -0.399 e. The molecule has 5 nitrogen and oxygen atoms in total. The van der Waals surface area contributed by atoms with Crippen molar-refractivity contribution < 1.29 is 13.2 Å². The lowest BCUT2D eigenvalue weighted by molar-refractivity contribution is 0.579. The quantitative estimate of drug-likeness (QED) is 0.351. The highest BCUT2D eigenvalue weighted by Gasteiger charge is 2.22. The van der Waals surface area contributed by atoms with E-state index in [1.54, 1.807) is 19.1 Å². The van der Waals surface area contributed by atoms with E-state index in [2.05, 4.69) is 4.37 Å². The molecule has 0 bridgehead atoms. The van der Waals surface area contributed by atoms with Gasteiger partial charge in [-0.15, -0.1) is 0 Å². The summed E-state index contributed by atoms with van der Waals surface area (Å²) in [5, 5.41) is -0.316. The fourth-order valence-corrected chi connectivity index (χ4v) is 4.93. The molecule has 0 spiro atoms. The van der Waals surface area contributed by atoms with Crippen LogP contribution in [0.5, 0.6) is 0 Å². The summed E-state index contributed by atoms with van der Waals surface area (Å²) < 4.78 is 47.6. The van der Waals surface area contributed by atoms with Crippen molar-refractivity contribution in [2.24, 2.45) is 0 Å². The summed E-state index contributed by atoms with van der Waals surface area (Å²) in [6.45, 7) is 3.62. The zero-order valence-corrected chi connectivity index (χ0v) is 18.2. The molecule has 0 saturated heterocycles. The van der Waals surface area contributed by atoms with Crippen LogP contribution in [-0.2, 0) is 0 Å². The van der Waals surface area contributed by atoms with Gasteiger partial charge in [-0.3, -0.25) is 18.5 Å². The number of hydrogen-bond donors (Lipinski definition) is 2. The van der Waals surface area contributed by atoms with Crippen LogP contribution >= 0.6 is 11.5 Å². The second-order valence-electron chi connectivity index (χ2n) is 7.78. The van der Waals surface area contributed by atoms with E-state index in [0.29, 0.717) is 17.3 Å². The summed E-state index contributed by atoms with van der Waals surface area (Å²) in [6, 6.07) is 8.81. The highest BCUT2D eigenvalue weighted by Crippen LogP contribution is 2.35. The number of rotatable bonds is 2. The lowest BCUT2D eigenvalue weighted by Gasteiger charge is -2.17. The summed E-state index contributed by atoms with van der Waals surface area (Å²) in [5.74, 6) is -2.35. The minimum absolute atomic E-state index is 0.0792. The van der Waals surface area contributed by atoms with E-state index >= 15 is 4.39 Å². The second-order valence-corrected chi connectivity index (χ2v) is 8.57. The summed E-state index contributed by atoms with van der Waals surface area (Å²) in [4.78, 5) is 25.6. The fourth-order valence-electron chi connectivity index (χ4n) is 4.07. The molecule has 0 saturated carbocycles. The van der Waals surface area contributed by atoms with E-state index in [1.165, 1.54) is 16.7 Å². The molecule has 0 radical (unpaired) electrons. The van der Waals surface area contributed by atoms with E-state index < -0.39 is 28.4 Å². The Morgan fingerprint density at radius 3 is 2.39 bits per heavy atom. The van der Waals surface area contributed by atoms with Gasteiger partial charge in [0, 0.05) is 22.7 Å². The van der Waals surface area contributed by atoms with E-state index in [1.807, 2.05) is 6.92 Å². The molecule has 166 valence electrons. The summed E-state index contributed by atoms with van der Waals surface area (Å²) in [5.41, 5.74) is 7.57. The first-order chi connectivity index (χ1) is 15.7. The van der Waals surface area contributed by atoms with Crippen LogP contribution in [0, 0.1) is 31.3 Å². The smallest absolute Gasteiger partial charge is 0.271 e. The third kappa shape index (κ3) is 3.07. The number of halogens is 3. The molecule has 2 heterocycles. The van der Waals surface area contributed by atoms with Crippen LogP contribution in [-0.4, -0.2) is 8.94 Å². The first kappa shape index (κ1) is 21.0. The largest absolute Gasteiger partial charge is 0.399 e. The maximum atomic E-state index is 15.3. The van der Waals surface area contributed by atoms with Crippen molar-refractivity contribution in [3.8, 4) is 16.8 Å². The van der Waals surface area contributed by atoms with Gasteiger partial charge in [-0.05, 0) is 72.4 Å². The number of aromatic amines is 1. The van der Waals surface area contributed by atoms with Crippen molar-refractivity contribution in [2.75, 3.05) is 5.73 Å². The molecule has 5 rings (SSSR count). The average molecular weight is 467 g/mol. The Hall–Kier alpha value is -3.85. The Balaban J connectivity index is 1.98. The number of nitrogens with one attached hydrogen (secondary N) is 1. The van der Waals surface area contributed by atoms with Crippen molar-refractivity contribution >= 4 is 38.3 Å². The molecule has 0 atom stereocenters. The molecule has 33 heavy (non-hydrogen) atoms. The van der Waals surface area contributed by atoms with Crippen LogP contribution in [0.4, 0.5) is 18.9 Å². The molecule has 2 aromatic heterocycles. The van der Waals surface area contributed by atoms with Crippen LogP contribution < -0.4 is 16.7 Å². The molecular formula is C24H16F3N3O2S. The molecule has 3 aromatic carbocycles. The van der Waals surface area contributed by atoms with Crippen molar-refractivity contribution in [2.45, 2.75) is 13.8 Å². The summed E-state index contributed by atoms with van der Waals surface area (Å²) in [7, 11) is 0. The first-order valence-corrected chi connectivity index (χ1v) is 10.7. The van der Waals surface area contributed by atoms with Gasteiger partial charge in [0.15, 0.2) is 0 Å². The standard InChI is InChI=1S/C24H16F3N3O2S/c1-10-11(2)18(28)5-4-13(10)14-9-20-15(8-16(14)26)22(31)21-23(32)29-33-24(21)30(20)19-6-3-12(25)7-17(19)27/h3-9H,28H2,1-2H3,(H,29,32). The number of nitrogens with zero attached hydrogens (tertiary/aromatic N) is 1. The maximum Gasteiger partial charge on any atom is 0.271 e. The van der Waals surface area contributed by atoms with Gasteiger partial charge in [0.05, 0.1) is 11.2 Å². The molecule has 5 aromatic rings. The van der Waals surface area contributed by atoms with Gasteiger partial charge in [-0.25, -0.2) is 13.2 Å². The van der Waals surface area contributed by atoms with E-state index in [-0.39, 0.29) is 32.4 Å². The van der Waals surface area contributed by atoms with Crippen LogP contribution in [0.15, 0.2) is 52.1 Å². The highest BCUT2D eigenvalue weighted by molar-refractivity contribution is 7.12. The van der Waals surface area contributed by atoms with E-state index in [9.17, 15) is 18.4 Å². The lowest BCUT2D eigenvalue weighted by Crippen LogP contribution is -2.16. The molecule has 0 fully saturated rings. The van der Waals surface area contributed by atoms with Crippen molar-refractivity contribution in [1.82, 2.24) is 8.94 Å². The summed E-state index contributed by atoms with van der Waals surface area (Å²) >= 11 is 0.845. The van der Waals surface area contributed by atoms with Crippen LogP contribution in [0.25, 0.3) is 37.9 Å². The number of pyridine rings is 1. The molecular weight excluding hydrogens is 451 g/mol. The maximum absolute atomic E-state index is 15.3. The molecule has 0 amide bonds. The predicted molar refractivity (Wildman–Crippen MR) is 125 cm³/mol. The van der Waals surface area contributed by atoms with Gasteiger partial charge in [0.1, 0.15) is 27.7 Å². The number of H-pyrrole nitrogens is 1. The normalized spacial score (nSPS) is 11.5. The van der Waals surface area contributed by atoms with E-state index in [0.717, 1.165) is 34.8 Å². The number of fused-ring (bicyclic) bond motifs is 2. The van der Waals surface area contributed by atoms with Crippen LogP contribution in [0.1, 0.15) is 11.1 Å². The molecule has 0 unspecified atom stereocenters. The molecule has 3 N–H and O–H groups in total. The second kappa shape index (κ2) is 7.35. The van der Waals surface area contributed by atoms with Crippen molar-refractivity contribution in [3.63, 3.8) is 0 Å². The van der Waals surface area contributed by atoms with Crippen LogP contribution in [0.2, 0.25) is 0 Å². The topological polar surface area (TPSA) is 80.9 Å². The van der Waals surface area contributed by atoms with Crippen molar-refractivity contribution in [3.05, 3.63) is 91.6 Å². The molecule has 0 aliphatic rings. The zero-order chi connectivity index (χ0) is 23.6.